The predicted octanol–water partition coefficient (Wildman–Crippen LogP) is -1.35. The van der Waals surface area contributed by atoms with E-state index in [2.05, 4.69) is 20.6 Å². The van der Waals surface area contributed by atoms with Crippen LogP contribution in [0.5, 0.6) is 5.75 Å². The molecule has 5 atom stereocenters. The number of aliphatic hydroxyl groups is 1. The molecule has 0 radical (unpaired) electrons. The maximum absolute atomic E-state index is 13.4. The number of carbonyl (C=O) groups excluding carboxylic acids is 3. The number of carboxylic acid groups (broad SMARTS) is 1. The lowest BCUT2D eigenvalue weighted by molar-refractivity contribution is -0.149. The van der Waals surface area contributed by atoms with Crippen LogP contribution in [0.4, 0.5) is 0 Å². The van der Waals surface area contributed by atoms with Crippen LogP contribution in [-0.4, -0.2) is 90.7 Å². The van der Waals surface area contributed by atoms with Crippen molar-refractivity contribution in [3.05, 3.63) is 48.0 Å². The number of hydrogen-bond acceptors (Lipinski definition) is 8. The number of aromatic nitrogens is 2. The largest absolute Gasteiger partial charge is 0.508 e. The Balaban J connectivity index is 1.84. The summed E-state index contributed by atoms with van der Waals surface area (Å²) < 4.78 is 0. The molecule has 3 rings (SSSR count). The molecule has 200 valence electrons. The van der Waals surface area contributed by atoms with Crippen LogP contribution in [-0.2, 0) is 32.0 Å². The monoisotopic (exact) mass is 516 g/mol. The van der Waals surface area contributed by atoms with Gasteiger partial charge >= 0.3 is 5.97 Å². The van der Waals surface area contributed by atoms with Crippen LogP contribution in [0.25, 0.3) is 0 Å². The third-order valence-corrected chi connectivity index (χ3v) is 6.25. The fourth-order valence-corrected chi connectivity index (χ4v) is 4.14. The number of aromatic hydroxyl groups is 1. The fraction of sp³-hybridized carbons (Fsp3) is 0.458. The number of aliphatic carboxylic acids is 1. The summed E-state index contributed by atoms with van der Waals surface area (Å²) in [5, 5.41) is 34.0. The average molecular weight is 517 g/mol. The first-order chi connectivity index (χ1) is 17.6. The number of aliphatic hydroxyl groups excluding tert-OH is 1. The Labute approximate surface area is 213 Å². The molecule has 0 bridgehead atoms. The van der Waals surface area contributed by atoms with Crippen molar-refractivity contribution in [3.8, 4) is 5.75 Å². The summed E-state index contributed by atoms with van der Waals surface area (Å²) in [5.74, 6) is -3.14. The van der Waals surface area contributed by atoms with Crippen molar-refractivity contribution in [1.82, 2.24) is 25.5 Å². The van der Waals surface area contributed by atoms with Crippen molar-refractivity contribution in [2.24, 2.45) is 5.73 Å². The Hall–Kier alpha value is -3.97. The number of hydrogen-bond donors (Lipinski definition) is 7. The zero-order valence-corrected chi connectivity index (χ0v) is 20.3. The lowest BCUT2D eigenvalue weighted by atomic mass is 10.0. The molecular formula is C24H32N6O7. The lowest BCUT2D eigenvalue weighted by Gasteiger charge is -2.29. The van der Waals surface area contributed by atoms with Crippen molar-refractivity contribution in [3.63, 3.8) is 0 Å². The highest BCUT2D eigenvalue weighted by atomic mass is 16.4. The Bertz CT molecular complexity index is 1090. The molecule has 5 unspecified atom stereocenters. The van der Waals surface area contributed by atoms with Gasteiger partial charge in [-0.15, -0.1) is 0 Å². The van der Waals surface area contributed by atoms with Gasteiger partial charge in [-0.2, -0.15) is 0 Å². The number of aromatic amines is 1. The molecule has 1 aromatic carbocycles. The van der Waals surface area contributed by atoms with E-state index < -0.39 is 54.0 Å². The predicted molar refractivity (Wildman–Crippen MR) is 130 cm³/mol. The average Bonchev–Trinajstić information content (AvgIpc) is 3.55. The first-order valence-corrected chi connectivity index (χ1v) is 11.9. The molecule has 1 aromatic heterocycles. The molecule has 2 heterocycles. The van der Waals surface area contributed by atoms with Gasteiger partial charge in [-0.25, -0.2) is 9.78 Å². The molecule has 1 fully saturated rings. The van der Waals surface area contributed by atoms with E-state index >= 15 is 0 Å². The van der Waals surface area contributed by atoms with E-state index in [4.69, 9.17) is 5.73 Å². The van der Waals surface area contributed by atoms with Gasteiger partial charge in [0.05, 0.1) is 12.4 Å². The smallest absolute Gasteiger partial charge is 0.326 e. The Morgan fingerprint density at radius 1 is 1.14 bits per heavy atom. The number of phenols is 1. The molecular weight excluding hydrogens is 484 g/mol. The van der Waals surface area contributed by atoms with Gasteiger partial charge in [0, 0.05) is 31.3 Å². The lowest BCUT2D eigenvalue weighted by Crippen LogP contribution is -2.59. The molecule has 37 heavy (non-hydrogen) atoms. The highest BCUT2D eigenvalue weighted by Gasteiger charge is 2.38. The van der Waals surface area contributed by atoms with E-state index in [-0.39, 0.29) is 25.1 Å². The molecule has 13 heteroatoms. The van der Waals surface area contributed by atoms with Crippen molar-refractivity contribution >= 4 is 23.7 Å². The molecule has 0 spiro atoms. The first-order valence-electron chi connectivity index (χ1n) is 11.9. The summed E-state index contributed by atoms with van der Waals surface area (Å²) in [6, 6.07) is 1.39. The SMILES string of the molecule is CC(O)C(N)C(=O)NC(Cc1ccc(O)cc1)C(=O)NC(Cc1cnc[nH]1)C(=O)N1CCCC1C(=O)O. The second-order valence-electron chi connectivity index (χ2n) is 9.07. The second kappa shape index (κ2) is 12.3. The molecule has 1 saturated heterocycles. The third kappa shape index (κ3) is 7.27. The number of nitrogens with zero attached hydrogens (tertiary/aromatic N) is 2. The number of nitrogens with two attached hydrogens (primary N) is 1. The normalized spacial score (nSPS) is 18.5. The second-order valence-corrected chi connectivity index (χ2v) is 9.07. The minimum absolute atomic E-state index is 0.00316. The van der Waals surface area contributed by atoms with Gasteiger partial charge in [0.25, 0.3) is 0 Å². The summed E-state index contributed by atoms with van der Waals surface area (Å²) >= 11 is 0. The maximum Gasteiger partial charge on any atom is 0.326 e. The molecule has 1 aliphatic heterocycles. The van der Waals surface area contributed by atoms with E-state index in [1.165, 1.54) is 36.5 Å². The van der Waals surface area contributed by atoms with E-state index in [9.17, 15) is 34.5 Å². The zero-order chi connectivity index (χ0) is 27.1. The van der Waals surface area contributed by atoms with Gasteiger partial charge < -0.3 is 41.6 Å². The van der Waals surface area contributed by atoms with Crippen LogP contribution < -0.4 is 16.4 Å². The Morgan fingerprint density at radius 2 is 1.81 bits per heavy atom. The maximum atomic E-state index is 13.4. The summed E-state index contributed by atoms with van der Waals surface area (Å²) in [7, 11) is 0. The summed E-state index contributed by atoms with van der Waals surface area (Å²) in [4.78, 5) is 59.1. The number of H-pyrrole nitrogens is 1. The van der Waals surface area contributed by atoms with Crippen LogP contribution in [0.1, 0.15) is 31.0 Å². The standard InChI is InChI=1S/C24H32N6O7/c1-13(31)20(25)22(34)28-17(9-14-4-6-16(32)7-5-14)21(33)29-18(10-15-11-26-12-27-15)23(35)30-8-2-3-19(30)24(36)37/h4-7,11-13,17-20,31-32H,2-3,8-10,25H2,1H3,(H,26,27)(H,28,34)(H,29,33)(H,36,37). The van der Waals surface area contributed by atoms with Gasteiger partial charge in [-0.3, -0.25) is 14.4 Å². The number of carbonyl (C=O) groups is 4. The molecule has 0 aliphatic carbocycles. The fourth-order valence-electron chi connectivity index (χ4n) is 4.14. The van der Waals surface area contributed by atoms with Crippen molar-refractivity contribution in [2.75, 3.05) is 6.54 Å². The number of nitrogens with one attached hydrogen (secondary N) is 3. The number of imidazole rings is 1. The molecule has 1 aliphatic rings. The van der Waals surface area contributed by atoms with Crippen LogP contribution in [0, 0.1) is 0 Å². The van der Waals surface area contributed by atoms with Crippen molar-refractivity contribution in [1.29, 1.82) is 0 Å². The van der Waals surface area contributed by atoms with E-state index in [1.54, 1.807) is 12.1 Å². The van der Waals surface area contributed by atoms with Gasteiger partial charge in [0.1, 0.15) is 29.9 Å². The molecule has 2 aromatic rings. The number of amides is 3. The minimum atomic E-state index is -1.29. The quantitative estimate of drug-likeness (QED) is 0.188. The van der Waals surface area contributed by atoms with Gasteiger partial charge in [-0.1, -0.05) is 12.1 Å². The summed E-state index contributed by atoms with van der Waals surface area (Å²) in [6.45, 7) is 1.58. The number of phenolic OH excluding ortho intramolecular Hbond substituents is 1. The van der Waals surface area contributed by atoms with E-state index in [1.807, 2.05) is 0 Å². The third-order valence-electron chi connectivity index (χ3n) is 6.25. The van der Waals surface area contributed by atoms with Crippen LogP contribution in [0.3, 0.4) is 0 Å². The molecule has 13 nitrogen and oxygen atoms in total. The van der Waals surface area contributed by atoms with Gasteiger partial charge in [0.2, 0.25) is 17.7 Å². The zero-order valence-electron chi connectivity index (χ0n) is 20.3. The molecule has 8 N–H and O–H groups in total. The highest BCUT2D eigenvalue weighted by Crippen LogP contribution is 2.20. The Morgan fingerprint density at radius 3 is 2.41 bits per heavy atom. The van der Waals surface area contributed by atoms with Crippen molar-refractivity contribution in [2.45, 2.75) is 62.9 Å². The summed E-state index contributed by atoms with van der Waals surface area (Å²) in [6.07, 6.45) is 2.57. The van der Waals surface area contributed by atoms with Gasteiger partial charge in [-0.05, 0) is 37.5 Å². The van der Waals surface area contributed by atoms with Crippen LogP contribution >= 0.6 is 0 Å². The Kier molecular flexibility index (Phi) is 9.20. The first kappa shape index (κ1) is 27.6. The summed E-state index contributed by atoms with van der Waals surface area (Å²) in [5.41, 5.74) is 6.88. The molecule has 0 saturated carbocycles. The topological polar surface area (TPSA) is 211 Å². The molecule has 3 amide bonds. The number of likely N-dealkylation sites (tertiary alicyclic amines) is 1. The van der Waals surface area contributed by atoms with E-state index in [0.29, 0.717) is 24.1 Å². The van der Waals surface area contributed by atoms with Crippen LogP contribution in [0.15, 0.2) is 36.8 Å². The van der Waals surface area contributed by atoms with Crippen molar-refractivity contribution < 1.29 is 34.5 Å². The van der Waals surface area contributed by atoms with Gasteiger partial charge in [0.15, 0.2) is 0 Å². The highest BCUT2D eigenvalue weighted by molar-refractivity contribution is 5.94. The number of benzene rings is 1. The van der Waals surface area contributed by atoms with Crippen LogP contribution in [0.2, 0.25) is 0 Å². The number of rotatable bonds is 11. The number of carboxylic acids is 1. The van der Waals surface area contributed by atoms with E-state index in [0.717, 1.165) is 0 Å². The minimum Gasteiger partial charge on any atom is -0.508 e.